The predicted octanol–water partition coefficient (Wildman–Crippen LogP) is 4.41. The summed E-state index contributed by atoms with van der Waals surface area (Å²) in [6.45, 7) is 7.92. The Bertz CT molecular complexity index is 1320. The summed E-state index contributed by atoms with van der Waals surface area (Å²) in [4.78, 5) is 0. The molecule has 4 aromatic rings. The van der Waals surface area contributed by atoms with Gasteiger partial charge in [-0.2, -0.15) is 5.10 Å². The number of aromatic hydroxyl groups is 1. The molecule has 0 spiro atoms. The van der Waals surface area contributed by atoms with Gasteiger partial charge in [-0.05, 0) is 39.3 Å². The average molecular weight is 446 g/mol. The first kappa shape index (κ1) is 21.7. The van der Waals surface area contributed by atoms with Crippen LogP contribution in [0.15, 0.2) is 54.6 Å². The third-order valence-electron chi connectivity index (χ3n) is 7.17. The van der Waals surface area contributed by atoms with Crippen molar-refractivity contribution < 1.29 is 15.3 Å². The Balaban J connectivity index is 1.63. The van der Waals surface area contributed by atoms with Gasteiger partial charge in [0, 0.05) is 41.0 Å². The molecule has 0 bridgehead atoms. The highest BCUT2D eigenvalue weighted by Crippen LogP contribution is 2.54. The molecule has 1 aliphatic carbocycles. The highest BCUT2D eigenvalue weighted by Gasteiger charge is 2.54. The van der Waals surface area contributed by atoms with Crippen molar-refractivity contribution in [3.05, 3.63) is 71.4 Å². The maximum atomic E-state index is 11.4. The lowest BCUT2D eigenvalue weighted by Crippen LogP contribution is -2.52. The molecule has 1 aliphatic rings. The Morgan fingerprint density at radius 2 is 1.42 bits per heavy atom. The molecule has 6 heteroatoms. The first-order valence-corrected chi connectivity index (χ1v) is 11.4. The van der Waals surface area contributed by atoms with Gasteiger partial charge >= 0.3 is 0 Å². The van der Waals surface area contributed by atoms with Gasteiger partial charge in [0.25, 0.3) is 0 Å². The zero-order valence-corrected chi connectivity index (χ0v) is 19.7. The Kier molecular flexibility index (Phi) is 4.92. The van der Waals surface area contributed by atoms with Crippen LogP contribution in [-0.4, -0.2) is 41.9 Å². The lowest BCUT2D eigenvalue weighted by molar-refractivity contribution is -0.0788. The molecule has 6 nitrogen and oxygen atoms in total. The van der Waals surface area contributed by atoms with E-state index < -0.39 is 29.6 Å². The second kappa shape index (κ2) is 7.47. The van der Waals surface area contributed by atoms with E-state index in [2.05, 4.69) is 4.57 Å². The smallest absolute Gasteiger partial charge is 0.214 e. The zero-order chi connectivity index (χ0) is 23.7. The fourth-order valence-corrected chi connectivity index (χ4v) is 5.36. The van der Waals surface area contributed by atoms with Crippen LogP contribution in [0.5, 0.6) is 5.88 Å². The predicted molar refractivity (Wildman–Crippen MR) is 129 cm³/mol. The van der Waals surface area contributed by atoms with Gasteiger partial charge in [0.2, 0.25) is 5.88 Å². The van der Waals surface area contributed by atoms with Crippen LogP contribution in [0.2, 0.25) is 0 Å². The molecule has 2 aromatic heterocycles. The molecule has 2 atom stereocenters. The molecule has 3 N–H and O–H groups in total. The van der Waals surface area contributed by atoms with Crippen LogP contribution in [0.25, 0.3) is 22.2 Å². The number of nitrogens with zero attached hydrogens (tertiary/aromatic N) is 3. The molecule has 0 saturated heterocycles. The minimum Gasteiger partial charge on any atom is -0.493 e. The van der Waals surface area contributed by atoms with Crippen LogP contribution >= 0.6 is 0 Å². The summed E-state index contributed by atoms with van der Waals surface area (Å²) in [5.41, 5.74) is 4.54. The molecule has 0 radical (unpaired) electrons. The number of para-hydroxylation sites is 1. The van der Waals surface area contributed by atoms with E-state index in [1.807, 2.05) is 89.3 Å². The largest absolute Gasteiger partial charge is 0.493 e. The van der Waals surface area contributed by atoms with Gasteiger partial charge in [-0.25, -0.2) is 4.68 Å². The number of hydrogen-bond donors (Lipinski definition) is 3. The van der Waals surface area contributed by atoms with Crippen LogP contribution in [0.3, 0.4) is 0 Å². The van der Waals surface area contributed by atoms with Crippen molar-refractivity contribution in [2.75, 3.05) is 0 Å². The average Bonchev–Trinajstić information content (AvgIpc) is 3.25. The van der Waals surface area contributed by atoms with Crippen LogP contribution in [0, 0.1) is 6.92 Å². The summed E-state index contributed by atoms with van der Waals surface area (Å²) in [5.74, 6) is -1.08. The third-order valence-corrected chi connectivity index (χ3v) is 7.17. The van der Waals surface area contributed by atoms with Gasteiger partial charge in [-0.3, -0.25) is 0 Å². The Hall–Kier alpha value is -3.09. The summed E-state index contributed by atoms with van der Waals surface area (Å²) in [6, 6.07) is 17.7. The highest BCUT2D eigenvalue weighted by molar-refractivity contribution is 5.86. The molecule has 0 amide bonds. The lowest BCUT2D eigenvalue weighted by atomic mass is 9.62. The van der Waals surface area contributed by atoms with E-state index in [9.17, 15) is 15.3 Å². The number of aliphatic hydroxyl groups excluding tert-OH is 2. The van der Waals surface area contributed by atoms with Gasteiger partial charge < -0.3 is 19.9 Å². The van der Waals surface area contributed by atoms with Crippen LogP contribution in [0.4, 0.5) is 0 Å². The quantitative estimate of drug-likeness (QED) is 0.436. The Morgan fingerprint density at radius 3 is 2.06 bits per heavy atom. The number of aryl methyl sites for hydroxylation is 1. The standard InChI is InChI=1S/C27H31N3O3/c1-15-19(17-13-9-10-14-18(17)29(15)5)21-24(31)22(25(21)32)20-23(16-11-7-6-8-12-16)28-30(26(20)33)27(2,3)4/h6-14,21-22,24-25,31-33H,1-5H3. The fraction of sp³-hybridized carbons (Fsp3) is 0.370. The van der Waals surface area contributed by atoms with E-state index in [0.29, 0.717) is 11.3 Å². The summed E-state index contributed by atoms with van der Waals surface area (Å²) >= 11 is 0. The van der Waals surface area contributed by atoms with Crippen LogP contribution in [-0.2, 0) is 12.6 Å². The number of aliphatic hydroxyl groups is 2. The second-order valence-corrected chi connectivity index (χ2v) is 10.1. The molecule has 1 fully saturated rings. The number of fused-ring (bicyclic) bond motifs is 1. The summed E-state index contributed by atoms with van der Waals surface area (Å²) in [5, 5.41) is 39.9. The van der Waals surface area contributed by atoms with Crippen molar-refractivity contribution in [1.82, 2.24) is 14.3 Å². The minimum atomic E-state index is -0.851. The second-order valence-electron chi connectivity index (χ2n) is 10.1. The molecule has 2 aromatic carbocycles. The molecule has 2 unspecified atom stereocenters. The zero-order valence-electron chi connectivity index (χ0n) is 19.7. The molecule has 33 heavy (non-hydrogen) atoms. The van der Waals surface area contributed by atoms with Crippen molar-refractivity contribution >= 4 is 10.9 Å². The van der Waals surface area contributed by atoms with E-state index in [1.54, 1.807) is 4.68 Å². The SMILES string of the molecule is Cc1c(C2C(O)C(c3c(-c4ccccc4)nn(C(C)(C)C)c3O)C2O)c2ccccc2n1C. The van der Waals surface area contributed by atoms with Crippen molar-refractivity contribution in [3.63, 3.8) is 0 Å². The molecular weight excluding hydrogens is 414 g/mol. The van der Waals surface area contributed by atoms with E-state index in [4.69, 9.17) is 5.10 Å². The Morgan fingerprint density at radius 1 is 0.848 bits per heavy atom. The molecular formula is C27H31N3O3. The van der Waals surface area contributed by atoms with E-state index in [0.717, 1.165) is 27.7 Å². The Labute approximate surface area is 193 Å². The van der Waals surface area contributed by atoms with E-state index in [1.165, 1.54) is 0 Å². The maximum Gasteiger partial charge on any atom is 0.214 e. The maximum absolute atomic E-state index is 11.4. The topological polar surface area (TPSA) is 83.4 Å². The van der Waals surface area contributed by atoms with Gasteiger partial charge in [0.15, 0.2) is 0 Å². The van der Waals surface area contributed by atoms with E-state index in [-0.39, 0.29) is 5.88 Å². The first-order valence-electron chi connectivity index (χ1n) is 11.4. The summed E-state index contributed by atoms with van der Waals surface area (Å²) in [7, 11) is 2.00. The summed E-state index contributed by atoms with van der Waals surface area (Å²) < 4.78 is 3.68. The third kappa shape index (κ3) is 3.12. The van der Waals surface area contributed by atoms with Crippen molar-refractivity contribution in [1.29, 1.82) is 0 Å². The van der Waals surface area contributed by atoms with Crippen molar-refractivity contribution in [3.8, 4) is 17.1 Å². The van der Waals surface area contributed by atoms with Crippen molar-refractivity contribution in [2.24, 2.45) is 7.05 Å². The number of benzene rings is 2. The molecule has 2 heterocycles. The number of aromatic nitrogens is 3. The van der Waals surface area contributed by atoms with Crippen LogP contribution in [0.1, 0.15) is 49.4 Å². The van der Waals surface area contributed by atoms with Gasteiger partial charge in [0.1, 0.15) is 0 Å². The van der Waals surface area contributed by atoms with Crippen molar-refractivity contribution in [2.45, 2.75) is 57.3 Å². The molecule has 0 aliphatic heterocycles. The highest BCUT2D eigenvalue weighted by atomic mass is 16.3. The molecule has 1 saturated carbocycles. The molecule has 172 valence electrons. The first-order chi connectivity index (χ1) is 15.6. The fourth-order valence-electron chi connectivity index (χ4n) is 5.36. The van der Waals surface area contributed by atoms with Crippen LogP contribution < -0.4 is 0 Å². The molecule has 5 rings (SSSR count). The van der Waals surface area contributed by atoms with Gasteiger partial charge in [-0.1, -0.05) is 48.5 Å². The summed E-state index contributed by atoms with van der Waals surface area (Å²) in [6.07, 6.45) is -1.70. The number of hydrogen-bond acceptors (Lipinski definition) is 4. The minimum absolute atomic E-state index is 0.00227. The van der Waals surface area contributed by atoms with Gasteiger partial charge in [-0.15, -0.1) is 0 Å². The monoisotopic (exact) mass is 445 g/mol. The van der Waals surface area contributed by atoms with Gasteiger partial charge in [0.05, 0.1) is 29.0 Å². The normalized spacial score (nSPS) is 23.1. The number of rotatable bonds is 3. The lowest BCUT2D eigenvalue weighted by Gasteiger charge is -2.47. The van der Waals surface area contributed by atoms with E-state index >= 15 is 0 Å².